The van der Waals surface area contributed by atoms with Crippen molar-refractivity contribution in [2.45, 2.75) is 13.8 Å². The molecule has 0 spiro atoms. The van der Waals surface area contributed by atoms with E-state index in [4.69, 9.17) is 19.2 Å². The average molecular weight is 428 g/mol. The second kappa shape index (κ2) is 8.89. The molecule has 2 heterocycles. The summed E-state index contributed by atoms with van der Waals surface area (Å²) in [5.41, 5.74) is 1.32. The van der Waals surface area contributed by atoms with E-state index in [1.54, 1.807) is 30.2 Å². The lowest BCUT2D eigenvalue weighted by Gasteiger charge is -2.24. The number of fused-ring (bicyclic) bond motifs is 2. The van der Waals surface area contributed by atoms with Crippen LogP contribution in [-0.2, 0) is 0 Å². The van der Waals surface area contributed by atoms with Crippen molar-refractivity contribution in [2.24, 2.45) is 0 Å². The van der Waals surface area contributed by atoms with Crippen molar-refractivity contribution in [3.8, 4) is 17.2 Å². The first-order valence-electron chi connectivity index (χ1n) is 10.0. The van der Waals surface area contributed by atoms with Crippen LogP contribution in [0.15, 0.2) is 36.4 Å². The smallest absolute Gasteiger partial charge is 0.260 e. The highest BCUT2D eigenvalue weighted by atomic mass is 32.1. The molecule has 1 aliphatic rings. The molecule has 1 aromatic heterocycles. The molecule has 0 N–H and O–H groups in total. The number of anilines is 1. The third kappa shape index (κ3) is 3.93. The molecule has 0 bridgehead atoms. The van der Waals surface area contributed by atoms with Gasteiger partial charge in [0, 0.05) is 18.7 Å². The number of aromatic nitrogens is 1. The van der Waals surface area contributed by atoms with Crippen LogP contribution < -0.4 is 19.1 Å². The summed E-state index contributed by atoms with van der Waals surface area (Å²) in [6.07, 6.45) is 0. The number of hydrogen-bond donors (Lipinski definition) is 0. The molecular weight excluding hydrogens is 402 g/mol. The molecule has 2 aromatic carbocycles. The van der Waals surface area contributed by atoms with Gasteiger partial charge in [0.05, 0.1) is 11.8 Å². The second-order valence-electron chi connectivity index (χ2n) is 6.86. The van der Waals surface area contributed by atoms with Crippen LogP contribution in [0.5, 0.6) is 17.2 Å². The number of thiazole rings is 1. The Hall–Kier alpha value is -2.84. The summed E-state index contributed by atoms with van der Waals surface area (Å²) in [7, 11) is 1.63. The van der Waals surface area contributed by atoms with Crippen molar-refractivity contribution in [1.82, 2.24) is 9.88 Å². The summed E-state index contributed by atoms with van der Waals surface area (Å²) in [6.45, 7) is 7.57. The number of methoxy groups -OCH3 is 1. The lowest BCUT2D eigenvalue weighted by atomic mass is 10.1. The molecule has 7 nitrogen and oxygen atoms in total. The highest BCUT2D eigenvalue weighted by molar-refractivity contribution is 7.22. The van der Waals surface area contributed by atoms with Crippen molar-refractivity contribution >= 4 is 32.6 Å². The Bertz CT molecular complexity index is 1050. The number of carbonyl (C=O) groups is 1. The number of hydrogen-bond acceptors (Lipinski definition) is 7. The molecule has 0 saturated heterocycles. The van der Waals surface area contributed by atoms with E-state index in [9.17, 15) is 4.79 Å². The first kappa shape index (κ1) is 20.4. The number of nitrogens with zero attached hydrogens (tertiary/aromatic N) is 3. The molecule has 0 saturated carbocycles. The number of amides is 1. The summed E-state index contributed by atoms with van der Waals surface area (Å²) in [5, 5.41) is 0.657. The number of ether oxygens (including phenoxy) is 3. The zero-order chi connectivity index (χ0) is 21.1. The van der Waals surface area contributed by atoms with E-state index in [0.29, 0.717) is 34.5 Å². The summed E-state index contributed by atoms with van der Waals surface area (Å²) in [5.74, 6) is 1.84. The van der Waals surface area contributed by atoms with Gasteiger partial charge in [-0.25, -0.2) is 4.98 Å². The molecule has 0 radical (unpaired) electrons. The van der Waals surface area contributed by atoms with Crippen LogP contribution in [0.3, 0.4) is 0 Å². The van der Waals surface area contributed by atoms with Gasteiger partial charge in [-0.05, 0) is 43.4 Å². The Balaban J connectivity index is 1.69. The normalized spacial score (nSPS) is 12.5. The zero-order valence-electron chi connectivity index (χ0n) is 17.4. The lowest BCUT2D eigenvalue weighted by molar-refractivity contribution is 0.0983. The van der Waals surface area contributed by atoms with E-state index in [0.717, 1.165) is 29.9 Å². The van der Waals surface area contributed by atoms with Gasteiger partial charge in [-0.1, -0.05) is 31.3 Å². The van der Waals surface area contributed by atoms with E-state index in [1.165, 1.54) is 11.3 Å². The van der Waals surface area contributed by atoms with Crippen LogP contribution in [-0.4, -0.2) is 55.9 Å². The molecule has 158 valence electrons. The topological polar surface area (TPSA) is 64.1 Å². The highest BCUT2D eigenvalue weighted by Gasteiger charge is 2.25. The first-order valence-corrected chi connectivity index (χ1v) is 10.8. The fraction of sp³-hybridized carbons (Fsp3) is 0.364. The maximum Gasteiger partial charge on any atom is 0.260 e. The van der Waals surface area contributed by atoms with E-state index < -0.39 is 0 Å². The van der Waals surface area contributed by atoms with E-state index in [-0.39, 0.29) is 12.7 Å². The molecule has 8 heteroatoms. The predicted molar refractivity (Wildman–Crippen MR) is 118 cm³/mol. The summed E-state index contributed by atoms with van der Waals surface area (Å²) >= 11 is 1.49. The van der Waals surface area contributed by atoms with Gasteiger partial charge in [-0.2, -0.15) is 0 Å². The van der Waals surface area contributed by atoms with Gasteiger partial charge in [0.25, 0.3) is 5.91 Å². The summed E-state index contributed by atoms with van der Waals surface area (Å²) in [4.78, 5) is 22.3. The molecule has 0 aliphatic carbocycles. The summed E-state index contributed by atoms with van der Waals surface area (Å²) in [6, 6.07) is 11.1. The first-order chi connectivity index (χ1) is 14.6. The third-order valence-corrected chi connectivity index (χ3v) is 6.26. The standard InChI is InChI=1S/C22H25N3O4S/c1-4-24(5-2)11-12-25(21(26)15-9-10-16-18(13-15)29-14-28-16)22-23-20-17(27-3)7-6-8-19(20)30-22/h6-10,13H,4-5,11-12,14H2,1-3H3. The van der Waals surface area contributed by atoms with E-state index in [1.807, 2.05) is 18.2 Å². The maximum atomic E-state index is 13.5. The van der Waals surface area contributed by atoms with Crippen LogP contribution in [0, 0.1) is 0 Å². The van der Waals surface area contributed by atoms with Crippen LogP contribution in [0.25, 0.3) is 10.2 Å². The van der Waals surface area contributed by atoms with Crippen molar-refractivity contribution in [2.75, 3.05) is 45.0 Å². The predicted octanol–water partition coefficient (Wildman–Crippen LogP) is 4.02. The molecule has 3 aromatic rings. The number of para-hydroxylation sites is 1. The van der Waals surface area contributed by atoms with Gasteiger partial charge < -0.3 is 19.1 Å². The molecule has 1 aliphatic heterocycles. The molecule has 1 amide bonds. The minimum Gasteiger partial charge on any atom is -0.494 e. The van der Waals surface area contributed by atoms with Gasteiger partial charge in [-0.3, -0.25) is 9.69 Å². The number of likely N-dealkylation sites (N-methyl/N-ethyl adjacent to an activating group) is 1. The zero-order valence-corrected chi connectivity index (χ0v) is 18.2. The van der Waals surface area contributed by atoms with Gasteiger partial charge in [0.1, 0.15) is 11.3 Å². The SMILES string of the molecule is CCN(CC)CCN(C(=O)c1ccc2c(c1)OCO2)c1nc2c(OC)cccc2s1. The maximum absolute atomic E-state index is 13.5. The number of rotatable bonds is 8. The Labute approximate surface area is 179 Å². The number of carbonyl (C=O) groups excluding carboxylic acids is 1. The molecule has 30 heavy (non-hydrogen) atoms. The molecule has 4 rings (SSSR count). The van der Waals surface area contributed by atoms with Crippen molar-refractivity contribution < 1.29 is 19.0 Å². The Morgan fingerprint density at radius 2 is 1.93 bits per heavy atom. The average Bonchev–Trinajstić information content (AvgIpc) is 3.42. The molecule has 0 atom stereocenters. The van der Waals surface area contributed by atoms with Gasteiger partial charge >= 0.3 is 0 Å². The molecule has 0 unspecified atom stereocenters. The molecule has 0 fully saturated rings. The van der Waals surface area contributed by atoms with Gasteiger partial charge in [0.2, 0.25) is 6.79 Å². The van der Waals surface area contributed by atoms with Gasteiger partial charge in [-0.15, -0.1) is 0 Å². The monoisotopic (exact) mass is 427 g/mol. The van der Waals surface area contributed by atoms with Crippen LogP contribution >= 0.6 is 11.3 Å². The van der Waals surface area contributed by atoms with Crippen molar-refractivity contribution in [3.63, 3.8) is 0 Å². The van der Waals surface area contributed by atoms with Gasteiger partial charge in [0.15, 0.2) is 16.6 Å². The Kier molecular flexibility index (Phi) is 6.06. The second-order valence-corrected chi connectivity index (χ2v) is 7.86. The quantitative estimate of drug-likeness (QED) is 0.541. The van der Waals surface area contributed by atoms with Crippen LogP contribution in [0.1, 0.15) is 24.2 Å². The fourth-order valence-corrected chi connectivity index (χ4v) is 4.45. The van der Waals surface area contributed by atoms with E-state index >= 15 is 0 Å². The largest absolute Gasteiger partial charge is 0.494 e. The molecular formula is C22H25N3O4S. The summed E-state index contributed by atoms with van der Waals surface area (Å²) < 4.78 is 17.3. The van der Waals surface area contributed by atoms with E-state index in [2.05, 4.69) is 18.7 Å². The van der Waals surface area contributed by atoms with Crippen molar-refractivity contribution in [3.05, 3.63) is 42.0 Å². The lowest BCUT2D eigenvalue weighted by Crippen LogP contribution is -2.38. The minimum atomic E-state index is -0.113. The number of benzene rings is 2. The van der Waals surface area contributed by atoms with Crippen LogP contribution in [0.2, 0.25) is 0 Å². The Morgan fingerprint density at radius 3 is 2.70 bits per heavy atom. The van der Waals surface area contributed by atoms with Crippen LogP contribution in [0.4, 0.5) is 5.13 Å². The van der Waals surface area contributed by atoms with Crippen molar-refractivity contribution in [1.29, 1.82) is 0 Å². The third-order valence-electron chi connectivity index (χ3n) is 5.22. The fourth-order valence-electron chi connectivity index (χ4n) is 3.44. The Morgan fingerprint density at radius 1 is 1.13 bits per heavy atom. The highest BCUT2D eigenvalue weighted by Crippen LogP contribution is 2.36. The minimum absolute atomic E-state index is 0.113.